The second-order valence-electron chi connectivity index (χ2n) is 9.98. The quantitative estimate of drug-likeness (QED) is 0.333. The topological polar surface area (TPSA) is 68.3 Å². The predicted octanol–water partition coefficient (Wildman–Crippen LogP) is 5.59. The molecule has 0 radical (unpaired) electrons. The van der Waals surface area contributed by atoms with E-state index in [1.54, 1.807) is 32.9 Å². The van der Waals surface area contributed by atoms with Crippen molar-refractivity contribution in [2.75, 3.05) is 26.2 Å². The Morgan fingerprint density at radius 3 is 1.97 bits per heavy atom. The number of rotatable bonds is 6. The molecule has 1 aromatic rings. The van der Waals surface area contributed by atoms with Gasteiger partial charge in [-0.05, 0) is 46.8 Å². The molecule has 0 saturated carbocycles. The lowest BCUT2D eigenvalue weighted by Gasteiger charge is -2.35. The van der Waals surface area contributed by atoms with E-state index < -0.39 is 41.7 Å². The van der Waals surface area contributed by atoms with Gasteiger partial charge in [0.1, 0.15) is 11.4 Å². The SMILES string of the molecule is CC(C)(C)OC(=O)C(C)(C)Oc1cc(Cl)ccc1CN1CCN(C(=O)OC(C(F)(F)F)C(F)(F)F)CC1. The lowest BCUT2D eigenvalue weighted by atomic mass is 10.1. The molecule has 1 aliphatic heterocycles. The van der Waals surface area contributed by atoms with Crippen LogP contribution in [-0.2, 0) is 20.8 Å². The molecule has 0 N–H and O–H groups in total. The normalized spacial score (nSPS) is 16.1. The summed E-state index contributed by atoms with van der Waals surface area (Å²) in [6.07, 6.45) is -17.5. The van der Waals surface area contributed by atoms with Gasteiger partial charge in [0.2, 0.25) is 0 Å². The number of carbonyl (C=O) groups is 2. The Hall–Kier alpha value is -2.41. The highest BCUT2D eigenvalue weighted by molar-refractivity contribution is 6.30. The van der Waals surface area contributed by atoms with E-state index in [2.05, 4.69) is 4.74 Å². The van der Waals surface area contributed by atoms with Crippen LogP contribution in [0.5, 0.6) is 5.75 Å². The van der Waals surface area contributed by atoms with Gasteiger partial charge >= 0.3 is 24.4 Å². The van der Waals surface area contributed by atoms with Crippen molar-refractivity contribution in [3.05, 3.63) is 28.8 Å². The third kappa shape index (κ3) is 9.13. The van der Waals surface area contributed by atoms with Gasteiger partial charge in [0, 0.05) is 43.3 Å². The monoisotopic (exact) mass is 562 g/mol. The number of hydrogen-bond acceptors (Lipinski definition) is 6. The highest BCUT2D eigenvalue weighted by Gasteiger charge is 2.60. The summed E-state index contributed by atoms with van der Waals surface area (Å²) in [5, 5.41) is 0.343. The molecule has 14 heteroatoms. The van der Waals surface area contributed by atoms with Crippen LogP contribution in [0.25, 0.3) is 0 Å². The minimum atomic E-state index is -5.78. The van der Waals surface area contributed by atoms with Gasteiger partial charge in [-0.1, -0.05) is 17.7 Å². The van der Waals surface area contributed by atoms with E-state index in [1.165, 1.54) is 19.9 Å². The zero-order chi connectivity index (χ0) is 28.4. The van der Waals surface area contributed by atoms with E-state index in [-0.39, 0.29) is 32.7 Å². The second-order valence-corrected chi connectivity index (χ2v) is 10.4. The van der Waals surface area contributed by atoms with Crippen LogP contribution in [0.2, 0.25) is 5.02 Å². The number of nitrogens with zero attached hydrogens (tertiary/aromatic N) is 2. The van der Waals surface area contributed by atoms with Crippen molar-refractivity contribution < 1.29 is 50.1 Å². The summed E-state index contributed by atoms with van der Waals surface area (Å²) in [6.45, 7) is 8.41. The van der Waals surface area contributed by atoms with E-state index in [1.807, 2.05) is 4.90 Å². The molecule has 1 amide bonds. The van der Waals surface area contributed by atoms with Crippen molar-refractivity contribution in [2.45, 2.75) is 70.8 Å². The number of benzene rings is 1. The van der Waals surface area contributed by atoms with Gasteiger partial charge < -0.3 is 19.1 Å². The van der Waals surface area contributed by atoms with Gasteiger partial charge in [-0.2, -0.15) is 26.3 Å². The van der Waals surface area contributed by atoms with Gasteiger partial charge in [-0.15, -0.1) is 0 Å². The van der Waals surface area contributed by atoms with Crippen molar-refractivity contribution in [1.82, 2.24) is 9.80 Å². The third-order valence-corrected chi connectivity index (χ3v) is 5.36. The van der Waals surface area contributed by atoms with E-state index in [0.29, 0.717) is 16.3 Å². The van der Waals surface area contributed by atoms with Gasteiger partial charge in [0.15, 0.2) is 5.60 Å². The maximum atomic E-state index is 12.7. The lowest BCUT2D eigenvalue weighted by molar-refractivity contribution is -0.308. The van der Waals surface area contributed by atoms with Gasteiger partial charge in [-0.3, -0.25) is 4.90 Å². The fourth-order valence-corrected chi connectivity index (χ4v) is 3.46. The first kappa shape index (κ1) is 30.8. The molecular weight excluding hydrogens is 534 g/mol. The number of ether oxygens (including phenoxy) is 3. The number of piperazine rings is 1. The summed E-state index contributed by atoms with van der Waals surface area (Å²) in [6, 6.07) is 4.79. The first-order valence-corrected chi connectivity index (χ1v) is 11.6. The Labute approximate surface area is 215 Å². The molecule has 1 saturated heterocycles. The van der Waals surface area contributed by atoms with E-state index in [0.717, 1.165) is 4.90 Å². The Bertz CT molecular complexity index is 956. The summed E-state index contributed by atoms with van der Waals surface area (Å²) >= 11 is 6.11. The molecular formula is C23H29ClF6N2O5. The lowest BCUT2D eigenvalue weighted by Crippen LogP contribution is -2.52. The van der Waals surface area contributed by atoms with E-state index in [4.69, 9.17) is 21.1 Å². The molecule has 2 rings (SSSR count). The molecule has 1 aliphatic rings. The van der Waals surface area contributed by atoms with Gasteiger partial charge in [0.25, 0.3) is 6.10 Å². The Morgan fingerprint density at radius 1 is 0.946 bits per heavy atom. The minimum Gasteiger partial charge on any atom is -0.476 e. The average Bonchev–Trinajstić information content (AvgIpc) is 2.71. The zero-order valence-electron chi connectivity index (χ0n) is 20.9. The first-order valence-electron chi connectivity index (χ1n) is 11.2. The van der Waals surface area contributed by atoms with Crippen LogP contribution in [0.3, 0.4) is 0 Å². The Balaban J connectivity index is 2.05. The van der Waals surface area contributed by atoms with Crippen LogP contribution in [0, 0.1) is 0 Å². The number of halogens is 7. The molecule has 1 heterocycles. The molecule has 0 aliphatic carbocycles. The molecule has 0 aromatic heterocycles. The predicted molar refractivity (Wildman–Crippen MR) is 121 cm³/mol. The maximum absolute atomic E-state index is 12.7. The van der Waals surface area contributed by atoms with Crippen molar-refractivity contribution in [3.8, 4) is 5.75 Å². The summed E-state index contributed by atoms with van der Waals surface area (Å²) in [5.74, 6) is -0.308. The highest BCUT2D eigenvalue weighted by Crippen LogP contribution is 2.36. The fourth-order valence-electron chi connectivity index (χ4n) is 3.30. The first-order chi connectivity index (χ1) is 16.7. The van der Waals surface area contributed by atoms with Crippen LogP contribution < -0.4 is 4.74 Å². The summed E-state index contributed by atoms with van der Waals surface area (Å²) in [7, 11) is 0. The van der Waals surface area contributed by atoms with Gasteiger partial charge in [0.05, 0.1) is 0 Å². The number of hydrogen-bond donors (Lipinski definition) is 0. The van der Waals surface area contributed by atoms with Crippen LogP contribution >= 0.6 is 11.6 Å². The zero-order valence-corrected chi connectivity index (χ0v) is 21.7. The summed E-state index contributed by atoms with van der Waals surface area (Å²) < 4.78 is 91.2. The standard InChI is InChI=1S/C23H29ClF6N2O5/c1-20(2,3)37-18(33)21(4,5)36-16-12-15(24)7-6-14(16)13-31-8-10-32(11-9-31)19(34)35-17(22(25,26)27)23(28,29)30/h6-7,12,17H,8-11,13H2,1-5H3. The minimum absolute atomic E-state index is 0.134. The number of alkyl halides is 6. The molecule has 7 nitrogen and oxygen atoms in total. The molecule has 0 bridgehead atoms. The highest BCUT2D eigenvalue weighted by atomic mass is 35.5. The molecule has 1 aromatic carbocycles. The average molecular weight is 563 g/mol. The molecule has 0 unspecified atom stereocenters. The number of amides is 1. The molecule has 0 atom stereocenters. The van der Waals surface area contributed by atoms with Gasteiger partial charge in [-0.25, -0.2) is 9.59 Å². The second kappa shape index (κ2) is 11.1. The summed E-state index contributed by atoms with van der Waals surface area (Å²) in [5.41, 5.74) is -1.50. The third-order valence-electron chi connectivity index (χ3n) is 5.12. The largest absolute Gasteiger partial charge is 0.476 e. The van der Waals surface area contributed by atoms with E-state index >= 15 is 0 Å². The van der Waals surface area contributed by atoms with Crippen molar-refractivity contribution in [1.29, 1.82) is 0 Å². The number of esters is 1. The van der Waals surface area contributed by atoms with E-state index in [9.17, 15) is 35.9 Å². The van der Waals surface area contributed by atoms with Crippen molar-refractivity contribution in [2.24, 2.45) is 0 Å². The maximum Gasteiger partial charge on any atom is 0.434 e. The van der Waals surface area contributed by atoms with Crippen LogP contribution in [0.15, 0.2) is 18.2 Å². The summed E-state index contributed by atoms with van der Waals surface area (Å²) in [4.78, 5) is 27.2. The van der Waals surface area contributed by atoms with Crippen LogP contribution in [0.1, 0.15) is 40.2 Å². The fraction of sp³-hybridized carbons (Fsp3) is 0.652. The Morgan fingerprint density at radius 2 is 1.49 bits per heavy atom. The number of carbonyl (C=O) groups excluding carboxylic acids is 2. The Kier molecular flexibility index (Phi) is 9.28. The molecule has 0 spiro atoms. The smallest absolute Gasteiger partial charge is 0.434 e. The van der Waals surface area contributed by atoms with Crippen LogP contribution in [-0.4, -0.2) is 77.7 Å². The van der Waals surface area contributed by atoms with Crippen LogP contribution in [0.4, 0.5) is 31.1 Å². The molecule has 210 valence electrons. The molecule has 37 heavy (non-hydrogen) atoms. The van der Waals surface area contributed by atoms with Crippen molar-refractivity contribution >= 4 is 23.7 Å². The van der Waals surface area contributed by atoms with Crippen molar-refractivity contribution in [3.63, 3.8) is 0 Å². The molecule has 1 fully saturated rings.